The van der Waals surface area contributed by atoms with Crippen LogP contribution in [-0.4, -0.2) is 10.1 Å². The molecule has 0 fully saturated rings. The summed E-state index contributed by atoms with van der Waals surface area (Å²) in [5.74, 6) is 0. The van der Waals surface area contributed by atoms with E-state index in [1.54, 1.807) is 0 Å². The van der Waals surface area contributed by atoms with E-state index in [9.17, 15) is 0 Å². The maximum atomic E-state index is 3.65. The van der Waals surface area contributed by atoms with Crippen LogP contribution in [0, 0.1) is 13.8 Å². The lowest BCUT2D eigenvalue weighted by Gasteiger charge is -2.32. The molecule has 2 heterocycles. The molecule has 0 atom stereocenters. The number of aromatic nitrogens is 1. The molecule has 0 radical (unpaired) electrons. The molecule has 0 amide bonds. The third-order valence-corrected chi connectivity index (χ3v) is 4.21. The Morgan fingerprint density at radius 3 is 2.67 bits per heavy atom. The summed E-state index contributed by atoms with van der Waals surface area (Å²) in [5, 5.41) is 5.08. The Bertz CT molecular complexity index is 632. The van der Waals surface area contributed by atoms with Crippen LogP contribution >= 0.6 is 0 Å². The Morgan fingerprint density at radius 1 is 1.22 bits per heavy atom. The Kier molecular flexibility index (Phi) is 2.36. The summed E-state index contributed by atoms with van der Waals surface area (Å²) in [4.78, 5) is 0. The van der Waals surface area contributed by atoms with Gasteiger partial charge in [-0.1, -0.05) is 11.6 Å². The van der Waals surface area contributed by atoms with Crippen molar-refractivity contribution in [3.05, 3.63) is 34.5 Å². The van der Waals surface area contributed by atoms with E-state index in [2.05, 4.69) is 56.8 Å². The van der Waals surface area contributed by atoms with Gasteiger partial charge in [-0.2, -0.15) is 0 Å². The van der Waals surface area contributed by atoms with E-state index in [0.29, 0.717) is 0 Å². The number of benzene rings is 1. The summed E-state index contributed by atoms with van der Waals surface area (Å²) in [6.45, 7) is 9.96. The fourth-order valence-corrected chi connectivity index (χ4v) is 3.36. The van der Waals surface area contributed by atoms with Gasteiger partial charge in [0.2, 0.25) is 0 Å². The van der Waals surface area contributed by atoms with Crippen LogP contribution in [0.25, 0.3) is 10.9 Å². The topological polar surface area (TPSA) is 17.0 Å². The molecule has 0 unspecified atom stereocenters. The molecule has 1 aromatic carbocycles. The summed E-state index contributed by atoms with van der Waals surface area (Å²) in [5.41, 5.74) is 7.36. The minimum absolute atomic E-state index is 0.206. The van der Waals surface area contributed by atoms with Gasteiger partial charge in [-0.25, -0.2) is 0 Å². The molecule has 3 rings (SSSR count). The molecule has 96 valence electrons. The fraction of sp³-hybridized carbons (Fsp3) is 0.500. The second kappa shape index (κ2) is 3.61. The normalized spacial score (nSPS) is 18.1. The summed E-state index contributed by atoms with van der Waals surface area (Å²) in [7, 11) is 2.21. The van der Waals surface area contributed by atoms with Crippen LogP contribution in [0.3, 0.4) is 0 Å². The van der Waals surface area contributed by atoms with Crippen LogP contribution in [0.5, 0.6) is 0 Å². The van der Waals surface area contributed by atoms with Crippen LogP contribution < -0.4 is 5.32 Å². The molecular formula is C16H22N2. The lowest BCUT2D eigenvalue weighted by molar-refractivity contribution is 0.356. The quantitative estimate of drug-likeness (QED) is 0.750. The Labute approximate surface area is 109 Å². The van der Waals surface area contributed by atoms with Gasteiger partial charge < -0.3 is 9.88 Å². The number of aryl methyl sites for hydroxylation is 3. The average Bonchev–Trinajstić information content (AvgIpc) is 2.50. The van der Waals surface area contributed by atoms with Gasteiger partial charge in [-0.3, -0.25) is 0 Å². The number of hydrogen-bond donors (Lipinski definition) is 1. The van der Waals surface area contributed by atoms with E-state index in [0.717, 1.165) is 13.0 Å². The van der Waals surface area contributed by atoms with Crippen molar-refractivity contribution < 1.29 is 0 Å². The van der Waals surface area contributed by atoms with E-state index < -0.39 is 0 Å². The van der Waals surface area contributed by atoms with Crippen molar-refractivity contribution in [1.82, 2.24) is 9.88 Å². The molecule has 2 heteroatoms. The zero-order valence-electron chi connectivity index (χ0n) is 12.0. The molecule has 1 aromatic heterocycles. The van der Waals surface area contributed by atoms with E-state index in [1.165, 1.54) is 33.3 Å². The van der Waals surface area contributed by atoms with Crippen molar-refractivity contribution >= 4 is 10.9 Å². The van der Waals surface area contributed by atoms with Gasteiger partial charge >= 0.3 is 0 Å². The Balaban J connectivity index is 2.34. The Hall–Kier alpha value is -1.28. The highest BCUT2D eigenvalue weighted by molar-refractivity contribution is 5.89. The maximum Gasteiger partial charge on any atom is 0.0513 e. The zero-order valence-corrected chi connectivity index (χ0v) is 12.0. The van der Waals surface area contributed by atoms with Crippen LogP contribution in [0.4, 0.5) is 0 Å². The summed E-state index contributed by atoms with van der Waals surface area (Å²) < 4.78 is 2.40. The molecule has 1 aliphatic rings. The van der Waals surface area contributed by atoms with Crippen LogP contribution in [-0.2, 0) is 20.0 Å². The molecule has 0 spiro atoms. The minimum atomic E-state index is 0.206. The molecular weight excluding hydrogens is 220 g/mol. The lowest BCUT2D eigenvalue weighted by atomic mass is 9.91. The van der Waals surface area contributed by atoms with Gasteiger partial charge in [0.15, 0.2) is 0 Å². The van der Waals surface area contributed by atoms with Crippen molar-refractivity contribution in [3.8, 4) is 0 Å². The van der Waals surface area contributed by atoms with Crippen molar-refractivity contribution in [2.75, 3.05) is 0 Å². The molecule has 18 heavy (non-hydrogen) atoms. The average molecular weight is 242 g/mol. The number of nitrogens with one attached hydrogen (secondary N) is 1. The first-order chi connectivity index (χ1) is 8.39. The summed E-state index contributed by atoms with van der Waals surface area (Å²) in [6, 6.07) is 4.62. The number of fused-ring (bicyclic) bond motifs is 3. The summed E-state index contributed by atoms with van der Waals surface area (Å²) >= 11 is 0. The smallest absolute Gasteiger partial charge is 0.0513 e. The highest BCUT2D eigenvalue weighted by Crippen LogP contribution is 2.33. The second-order valence-corrected chi connectivity index (χ2v) is 6.38. The van der Waals surface area contributed by atoms with Crippen LogP contribution in [0.2, 0.25) is 0 Å². The molecule has 0 bridgehead atoms. The van der Waals surface area contributed by atoms with Crippen LogP contribution in [0.1, 0.15) is 36.2 Å². The van der Waals surface area contributed by atoms with Crippen molar-refractivity contribution in [1.29, 1.82) is 0 Å². The third kappa shape index (κ3) is 1.59. The SMILES string of the molecule is Cc1cc(C)c2c(c1)c1c(n2C)CC(C)(C)NC1. The number of hydrogen-bond acceptors (Lipinski definition) is 1. The van der Waals surface area contributed by atoms with Crippen molar-refractivity contribution in [2.45, 2.75) is 46.2 Å². The first-order valence-electron chi connectivity index (χ1n) is 6.71. The van der Waals surface area contributed by atoms with E-state index in [-0.39, 0.29) is 5.54 Å². The van der Waals surface area contributed by atoms with Gasteiger partial charge in [0.25, 0.3) is 0 Å². The number of rotatable bonds is 0. The van der Waals surface area contributed by atoms with E-state index in [4.69, 9.17) is 0 Å². The molecule has 0 saturated carbocycles. The first kappa shape index (κ1) is 11.8. The largest absolute Gasteiger partial charge is 0.347 e. The van der Waals surface area contributed by atoms with Gasteiger partial charge in [0.05, 0.1) is 5.52 Å². The predicted octanol–water partition coefficient (Wildman–Crippen LogP) is 3.22. The maximum absolute atomic E-state index is 3.65. The van der Waals surface area contributed by atoms with Gasteiger partial charge in [-0.15, -0.1) is 0 Å². The molecule has 1 aliphatic heterocycles. The highest BCUT2D eigenvalue weighted by atomic mass is 15.0. The van der Waals surface area contributed by atoms with Crippen molar-refractivity contribution in [2.24, 2.45) is 7.05 Å². The second-order valence-electron chi connectivity index (χ2n) is 6.38. The summed E-state index contributed by atoms with van der Waals surface area (Å²) in [6.07, 6.45) is 1.10. The zero-order chi connectivity index (χ0) is 13.1. The molecule has 1 N–H and O–H groups in total. The van der Waals surface area contributed by atoms with Gasteiger partial charge in [0, 0.05) is 36.6 Å². The fourth-order valence-electron chi connectivity index (χ4n) is 3.36. The highest BCUT2D eigenvalue weighted by Gasteiger charge is 2.29. The molecule has 2 nitrogen and oxygen atoms in total. The standard InChI is InChI=1S/C16H22N2/c1-10-6-11(2)15-12(7-10)13-9-17-16(3,4)8-14(13)18(15)5/h6-7,17H,8-9H2,1-5H3. The van der Waals surface area contributed by atoms with Gasteiger partial charge in [0.1, 0.15) is 0 Å². The van der Waals surface area contributed by atoms with E-state index in [1.807, 2.05) is 0 Å². The molecule has 2 aromatic rings. The molecule has 0 aliphatic carbocycles. The predicted molar refractivity (Wildman–Crippen MR) is 77.0 cm³/mol. The molecule has 0 saturated heterocycles. The first-order valence-corrected chi connectivity index (χ1v) is 6.71. The van der Waals surface area contributed by atoms with E-state index >= 15 is 0 Å². The van der Waals surface area contributed by atoms with Crippen LogP contribution in [0.15, 0.2) is 12.1 Å². The van der Waals surface area contributed by atoms with Crippen molar-refractivity contribution in [3.63, 3.8) is 0 Å². The Morgan fingerprint density at radius 2 is 1.94 bits per heavy atom. The van der Waals surface area contributed by atoms with Gasteiger partial charge in [-0.05, 0) is 44.9 Å². The number of nitrogens with zero attached hydrogens (tertiary/aromatic N) is 1. The third-order valence-electron chi connectivity index (χ3n) is 4.21. The lowest BCUT2D eigenvalue weighted by Crippen LogP contribution is -2.44. The minimum Gasteiger partial charge on any atom is -0.347 e. The monoisotopic (exact) mass is 242 g/mol.